The molecular formula is C32H52O3. The second-order valence-corrected chi connectivity index (χ2v) is 13.8. The average molecular weight is 485 g/mol. The maximum absolute atomic E-state index is 12.2. The molecule has 0 aromatic carbocycles. The van der Waals surface area contributed by atoms with Crippen LogP contribution in [0.15, 0.2) is 23.8 Å². The van der Waals surface area contributed by atoms with Crippen molar-refractivity contribution in [1.82, 2.24) is 0 Å². The van der Waals surface area contributed by atoms with Crippen molar-refractivity contribution in [2.45, 2.75) is 112 Å². The number of carbonyl (C=O) groups excluding carboxylic acids is 1. The summed E-state index contributed by atoms with van der Waals surface area (Å²) in [6.07, 6.45) is 15.0. The Morgan fingerprint density at radius 1 is 1.09 bits per heavy atom. The highest BCUT2D eigenvalue weighted by Crippen LogP contribution is 2.67. The van der Waals surface area contributed by atoms with Gasteiger partial charge in [-0.25, -0.2) is 4.79 Å². The second kappa shape index (κ2) is 10.3. The molecule has 35 heavy (non-hydrogen) atoms. The second-order valence-electron chi connectivity index (χ2n) is 13.8. The molecule has 4 aliphatic rings. The summed E-state index contributed by atoms with van der Waals surface area (Å²) in [5.74, 6) is 5.39. The zero-order valence-corrected chi connectivity index (χ0v) is 23.4. The van der Waals surface area contributed by atoms with Gasteiger partial charge in [-0.05, 0) is 97.2 Å². The molecular weight excluding hydrogens is 432 g/mol. The molecule has 1 unspecified atom stereocenters. The summed E-state index contributed by atoms with van der Waals surface area (Å²) in [6.45, 7) is 18.2. The lowest BCUT2D eigenvalue weighted by molar-refractivity contribution is -0.147. The van der Waals surface area contributed by atoms with Gasteiger partial charge in [-0.3, -0.25) is 0 Å². The molecule has 1 N–H and O–H groups in total. The average Bonchev–Trinajstić information content (AvgIpc) is 3.19. The third kappa shape index (κ3) is 4.92. The van der Waals surface area contributed by atoms with Crippen molar-refractivity contribution in [3.8, 4) is 0 Å². The van der Waals surface area contributed by atoms with E-state index in [1.54, 1.807) is 0 Å². The molecule has 0 aromatic rings. The van der Waals surface area contributed by atoms with Gasteiger partial charge in [0.15, 0.2) is 0 Å². The molecule has 0 aliphatic heterocycles. The molecule has 3 nitrogen and oxygen atoms in total. The molecule has 3 fully saturated rings. The van der Waals surface area contributed by atoms with Crippen LogP contribution >= 0.6 is 0 Å². The molecule has 9 atom stereocenters. The van der Waals surface area contributed by atoms with Crippen molar-refractivity contribution in [3.63, 3.8) is 0 Å². The van der Waals surface area contributed by atoms with Crippen LogP contribution in [0, 0.1) is 52.3 Å². The number of hydrogen-bond donors (Lipinski definition) is 1. The Labute approximate surface area is 215 Å². The third-order valence-electron chi connectivity index (χ3n) is 11.8. The summed E-state index contributed by atoms with van der Waals surface area (Å²) >= 11 is 0. The van der Waals surface area contributed by atoms with Crippen LogP contribution in [-0.4, -0.2) is 23.8 Å². The quantitative estimate of drug-likeness (QED) is 0.218. The van der Waals surface area contributed by atoms with E-state index in [9.17, 15) is 9.90 Å². The number of hydrogen-bond acceptors (Lipinski definition) is 3. The van der Waals surface area contributed by atoms with Crippen LogP contribution in [0.25, 0.3) is 0 Å². The van der Waals surface area contributed by atoms with Crippen molar-refractivity contribution in [1.29, 1.82) is 0 Å². The SMILES string of the molecule is C=C(CO)C(=O)O[C@H]1CC[C@@]2(C)C(=CC[C@@H]3[C@@H]2CC[C@]2(C)C([C@H](C)CC[C@@H](C)C(C)C)CC[C@@H]32)C1. The van der Waals surface area contributed by atoms with E-state index < -0.39 is 5.97 Å². The first-order valence-corrected chi connectivity index (χ1v) is 14.7. The van der Waals surface area contributed by atoms with Crippen LogP contribution < -0.4 is 0 Å². The van der Waals surface area contributed by atoms with Crippen molar-refractivity contribution in [2.24, 2.45) is 52.3 Å². The van der Waals surface area contributed by atoms with Crippen LogP contribution in [0.5, 0.6) is 0 Å². The molecule has 0 bridgehead atoms. The highest BCUT2D eigenvalue weighted by atomic mass is 16.5. The first-order chi connectivity index (χ1) is 16.5. The summed E-state index contributed by atoms with van der Waals surface area (Å²) < 4.78 is 5.71. The first-order valence-electron chi connectivity index (χ1n) is 14.7. The zero-order valence-electron chi connectivity index (χ0n) is 23.4. The topological polar surface area (TPSA) is 46.5 Å². The fourth-order valence-electron chi connectivity index (χ4n) is 9.06. The monoisotopic (exact) mass is 484 g/mol. The predicted molar refractivity (Wildman–Crippen MR) is 144 cm³/mol. The van der Waals surface area contributed by atoms with E-state index in [-0.39, 0.29) is 23.7 Å². The summed E-state index contributed by atoms with van der Waals surface area (Å²) in [6, 6.07) is 0. The Morgan fingerprint density at radius 2 is 1.83 bits per heavy atom. The van der Waals surface area contributed by atoms with E-state index >= 15 is 0 Å². The molecule has 4 rings (SSSR count). The Morgan fingerprint density at radius 3 is 2.51 bits per heavy atom. The maximum atomic E-state index is 12.2. The van der Waals surface area contributed by atoms with E-state index in [0.29, 0.717) is 5.41 Å². The van der Waals surface area contributed by atoms with Gasteiger partial charge in [0.05, 0.1) is 12.2 Å². The Hall–Kier alpha value is -1.09. The van der Waals surface area contributed by atoms with Gasteiger partial charge < -0.3 is 9.84 Å². The Bertz CT molecular complexity index is 827. The minimum absolute atomic E-state index is 0.0690. The standard InChI is InChI=1S/C32H52O3/c1-20(2)21(3)8-9-22(4)27-12-13-28-26-11-10-24-18-25(35-30(34)23(5)19-33)14-16-31(24,6)29(26)15-17-32(27,28)7/h10,20-22,25-29,33H,5,8-9,11-19H2,1-4,6-7H3/t21-,22-,25+,26+,27?,28+,29+,31+,32-/m1/s1. The minimum atomic E-state index is -0.433. The normalized spacial score (nSPS) is 40.2. The van der Waals surface area contributed by atoms with Crippen molar-refractivity contribution < 1.29 is 14.6 Å². The maximum Gasteiger partial charge on any atom is 0.336 e. The van der Waals surface area contributed by atoms with Crippen LogP contribution in [0.1, 0.15) is 106 Å². The van der Waals surface area contributed by atoms with Gasteiger partial charge in [-0.1, -0.05) is 72.6 Å². The van der Waals surface area contributed by atoms with Crippen LogP contribution in [0.3, 0.4) is 0 Å². The van der Waals surface area contributed by atoms with Crippen molar-refractivity contribution >= 4 is 5.97 Å². The van der Waals surface area contributed by atoms with Crippen molar-refractivity contribution in [2.75, 3.05) is 6.61 Å². The van der Waals surface area contributed by atoms with Gasteiger partial charge >= 0.3 is 5.97 Å². The largest absolute Gasteiger partial charge is 0.459 e. The van der Waals surface area contributed by atoms with E-state index in [0.717, 1.165) is 60.7 Å². The van der Waals surface area contributed by atoms with E-state index in [1.165, 1.54) is 50.5 Å². The number of rotatable bonds is 8. The molecule has 0 spiro atoms. The lowest BCUT2D eigenvalue weighted by Crippen LogP contribution is -2.51. The smallest absolute Gasteiger partial charge is 0.336 e. The number of carbonyl (C=O) groups is 1. The fourth-order valence-corrected chi connectivity index (χ4v) is 9.06. The highest BCUT2D eigenvalue weighted by molar-refractivity contribution is 5.88. The number of aliphatic hydroxyl groups is 1. The summed E-state index contributed by atoms with van der Waals surface area (Å²) in [5.41, 5.74) is 2.47. The Kier molecular flexibility index (Phi) is 7.97. The molecule has 0 amide bonds. The highest BCUT2D eigenvalue weighted by Gasteiger charge is 2.59. The molecule has 3 saturated carbocycles. The number of fused-ring (bicyclic) bond motifs is 5. The first kappa shape index (κ1) is 27.0. The van der Waals surface area contributed by atoms with E-state index in [4.69, 9.17) is 4.74 Å². The minimum Gasteiger partial charge on any atom is -0.459 e. The van der Waals surface area contributed by atoms with E-state index in [1.807, 2.05) is 0 Å². The van der Waals surface area contributed by atoms with Crippen LogP contribution in [0.2, 0.25) is 0 Å². The van der Waals surface area contributed by atoms with Crippen LogP contribution in [0.4, 0.5) is 0 Å². The molecule has 4 aliphatic carbocycles. The molecule has 0 radical (unpaired) electrons. The molecule has 198 valence electrons. The molecule has 0 heterocycles. The molecule has 0 saturated heterocycles. The number of esters is 1. The summed E-state index contributed by atoms with van der Waals surface area (Å²) in [5, 5.41) is 9.21. The summed E-state index contributed by atoms with van der Waals surface area (Å²) in [4.78, 5) is 12.2. The van der Waals surface area contributed by atoms with Gasteiger partial charge in [0.1, 0.15) is 6.10 Å². The Balaban J connectivity index is 1.44. The number of allylic oxidation sites excluding steroid dienone is 1. The van der Waals surface area contributed by atoms with Crippen LogP contribution in [-0.2, 0) is 9.53 Å². The van der Waals surface area contributed by atoms with Gasteiger partial charge in [-0.15, -0.1) is 0 Å². The zero-order chi connectivity index (χ0) is 25.5. The van der Waals surface area contributed by atoms with Gasteiger partial charge in [0, 0.05) is 6.42 Å². The number of aliphatic hydroxyl groups excluding tert-OH is 1. The van der Waals surface area contributed by atoms with Gasteiger partial charge in [0.25, 0.3) is 0 Å². The summed E-state index contributed by atoms with van der Waals surface area (Å²) in [7, 11) is 0. The lowest BCUT2D eigenvalue weighted by atomic mass is 9.47. The van der Waals surface area contributed by atoms with E-state index in [2.05, 4.69) is 54.2 Å². The fraction of sp³-hybridized carbons (Fsp3) is 0.844. The number of ether oxygens (including phenoxy) is 1. The molecule has 3 heteroatoms. The molecule has 0 aromatic heterocycles. The van der Waals surface area contributed by atoms with Crippen molar-refractivity contribution in [3.05, 3.63) is 23.8 Å². The third-order valence-corrected chi connectivity index (χ3v) is 11.8. The van der Waals surface area contributed by atoms with Gasteiger partial charge in [-0.2, -0.15) is 0 Å². The lowest BCUT2D eigenvalue weighted by Gasteiger charge is -2.58. The predicted octanol–water partition coefficient (Wildman–Crippen LogP) is 7.73. The van der Waals surface area contributed by atoms with Gasteiger partial charge in [0.2, 0.25) is 0 Å².